The first-order chi connectivity index (χ1) is 6.07. The molecule has 0 aromatic carbocycles. The van der Waals surface area contributed by atoms with Gasteiger partial charge in [-0.3, -0.25) is 0 Å². The van der Waals surface area contributed by atoms with Crippen molar-refractivity contribution in [2.24, 2.45) is 0 Å². The molecule has 0 radical (unpaired) electrons. The molecule has 1 saturated heterocycles. The molecule has 1 rings (SSSR count). The zero-order chi connectivity index (χ0) is 11.3. The highest BCUT2D eigenvalue weighted by atomic mass is 31.3. The molecular formula is C8H18F2N2P2. The van der Waals surface area contributed by atoms with E-state index in [-0.39, 0.29) is 0 Å². The van der Waals surface area contributed by atoms with E-state index in [1.165, 1.54) is 8.88 Å². The molecule has 0 saturated carbocycles. The molecule has 1 heterocycles. The van der Waals surface area contributed by atoms with Crippen molar-refractivity contribution in [3.05, 3.63) is 0 Å². The zero-order valence-electron chi connectivity index (χ0n) is 9.54. The average Bonchev–Trinajstić information content (AvgIpc) is 1.78. The second-order valence-electron chi connectivity index (χ2n) is 5.40. The van der Waals surface area contributed by atoms with Crippen LogP contribution in [0.3, 0.4) is 0 Å². The van der Waals surface area contributed by atoms with Gasteiger partial charge in [-0.1, -0.05) is 0 Å². The van der Waals surface area contributed by atoms with Gasteiger partial charge in [0.15, 0.2) is 0 Å². The van der Waals surface area contributed by atoms with E-state index in [0.29, 0.717) is 0 Å². The van der Waals surface area contributed by atoms with Gasteiger partial charge in [0.05, 0.1) is 0 Å². The summed E-state index contributed by atoms with van der Waals surface area (Å²) in [7, 11) is -3.88. The van der Waals surface area contributed by atoms with Gasteiger partial charge in [0.2, 0.25) is 0 Å². The number of nitrogens with zero attached hydrogens (tertiary/aromatic N) is 2. The molecule has 84 valence electrons. The van der Waals surface area contributed by atoms with Crippen molar-refractivity contribution in [2.75, 3.05) is 0 Å². The van der Waals surface area contributed by atoms with E-state index in [0.717, 1.165) is 0 Å². The third-order valence-electron chi connectivity index (χ3n) is 1.83. The van der Waals surface area contributed by atoms with Crippen LogP contribution in [0.4, 0.5) is 8.39 Å². The fourth-order valence-corrected chi connectivity index (χ4v) is 4.96. The van der Waals surface area contributed by atoms with Crippen LogP contribution in [0.1, 0.15) is 41.5 Å². The Morgan fingerprint density at radius 3 is 1.07 bits per heavy atom. The van der Waals surface area contributed by atoms with Gasteiger partial charge in [0.1, 0.15) is 0 Å². The zero-order valence-corrected chi connectivity index (χ0v) is 11.3. The molecule has 6 heteroatoms. The van der Waals surface area contributed by atoms with Crippen molar-refractivity contribution in [2.45, 2.75) is 52.6 Å². The smallest absolute Gasteiger partial charge is 0.189 e. The second-order valence-corrected chi connectivity index (χ2v) is 8.60. The molecule has 14 heavy (non-hydrogen) atoms. The van der Waals surface area contributed by atoms with E-state index < -0.39 is 28.1 Å². The molecular weight excluding hydrogens is 224 g/mol. The van der Waals surface area contributed by atoms with Crippen LogP contribution < -0.4 is 0 Å². The number of halogens is 2. The second kappa shape index (κ2) is 3.59. The van der Waals surface area contributed by atoms with E-state index >= 15 is 0 Å². The van der Waals surface area contributed by atoms with Crippen molar-refractivity contribution in [1.82, 2.24) is 8.88 Å². The molecule has 0 amide bonds. The summed E-state index contributed by atoms with van der Waals surface area (Å²) in [5.74, 6) is 0. The van der Waals surface area contributed by atoms with Crippen LogP contribution in [0, 0.1) is 0 Å². The van der Waals surface area contributed by atoms with Gasteiger partial charge in [-0.25, -0.2) is 0 Å². The predicted octanol–water partition coefficient (Wildman–Crippen LogP) is 4.59. The molecule has 0 atom stereocenters. The van der Waals surface area contributed by atoms with Crippen LogP contribution in [0.25, 0.3) is 0 Å². The van der Waals surface area contributed by atoms with E-state index in [9.17, 15) is 8.39 Å². The van der Waals surface area contributed by atoms with Crippen molar-refractivity contribution in [3.8, 4) is 0 Å². The lowest BCUT2D eigenvalue weighted by molar-refractivity contribution is 0.250. The summed E-state index contributed by atoms with van der Waals surface area (Å²) in [6.45, 7) is 11.1. The Morgan fingerprint density at radius 2 is 0.929 bits per heavy atom. The van der Waals surface area contributed by atoms with Crippen molar-refractivity contribution < 1.29 is 8.39 Å². The lowest BCUT2D eigenvalue weighted by Crippen LogP contribution is -2.50. The molecule has 0 N–H and O–H groups in total. The maximum atomic E-state index is 13.8. The normalized spacial score (nSPS) is 31.7. The molecule has 0 aliphatic carbocycles. The molecule has 1 aliphatic rings. The first-order valence-corrected chi connectivity index (χ1v) is 6.86. The Labute approximate surface area is 87.6 Å². The fraction of sp³-hybridized carbons (Fsp3) is 1.00. The first kappa shape index (κ1) is 12.7. The van der Waals surface area contributed by atoms with E-state index in [1.807, 2.05) is 41.5 Å². The van der Waals surface area contributed by atoms with Gasteiger partial charge >= 0.3 is 0 Å². The minimum Gasteiger partial charge on any atom is -0.189 e. The van der Waals surface area contributed by atoms with E-state index in [2.05, 4.69) is 0 Å². The minimum atomic E-state index is -1.94. The van der Waals surface area contributed by atoms with Crippen molar-refractivity contribution in [1.29, 1.82) is 0 Å². The van der Waals surface area contributed by atoms with Crippen molar-refractivity contribution in [3.63, 3.8) is 0 Å². The highest BCUT2D eigenvalue weighted by Crippen LogP contribution is 2.82. The molecule has 1 aliphatic heterocycles. The Bertz CT molecular complexity index is 192. The van der Waals surface area contributed by atoms with Crippen molar-refractivity contribution >= 4 is 17.1 Å². The van der Waals surface area contributed by atoms with Crippen LogP contribution in [0.15, 0.2) is 0 Å². The molecule has 0 spiro atoms. The molecule has 0 unspecified atom stereocenters. The summed E-state index contributed by atoms with van der Waals surface area (Å²) in [6.07, 6.45) is 0. The monoisotopic (exact) mass is 242 g/mol. The summed E-state index contributed by atoms with van der Waals surface area (Å²) >= 11 is 0. The standard InChI is InChI=1S/C8H18F2N2P2/c1-7(2,3)11-13(9)12(14(11)10)8(4,5)6/h1-6H3. The predicted molar refractivity (Wildman–Crippen MR) is 59.2 cm³/mol. The third-order valence-corrected chi connectivity index (χ3v) is 7.25. The van der Waals surface area contributed by atoms with Gasteiger partial charge in [-0.05, 0) is 41.5 Å². The van der Waals surface area contributed by atoms with Gasteiger partial charge < -0.3 is 0 Å². The van der Waals surface area contributed by atoms with Gasteiger partial charge in [0.25, 0.3) is 17.1 Å². The Hall–Kier alpha value is 0.640. The largest absolute Gasteiger partial charge is 0.251 e. The highest BCUT2D eigenvalue weighted by Gasteiger charge is 2.58. The lowest BCUT2D eigenvalue weighted by Gasteiger charge is -2.56. The fourth-order valence-electron chi connectivity index (χ4n) is 1.24. The van der Waals surface area contributed by atoms with Gasteiger partial charge in [-0.15, -0.1) is 0 Å². The minimum absolute atomic E-state index is 0.414. The first-order valence-electron chi connectivity index (χ1n) is 4.59. The van der Waals surface area contributed by atoms with Gasteiger partial charge in [0, 0.05) is 11.1 Å². The Kier molecular flexibility index (Phi) is 3.26. The number of rotatable bonds is 0. The molecule has 1 fully saturated rings. The summed E-state index contributed by atoms with van der Waals surface area (Å²) in [5.41, 5.74) is -0.828. The SMILES string of the molecule is CC(C)(C)N1P(F)N(C(C)(C)C)P1F. The van der Waals surface area contributed by atoms with Gasteiger partial charge in [-0.2, -0.15) is 17.3 Å². The third kappa shape index (κ3) is 2.09. The summed E-state index contributed by atoms with van der Waals surface area (Å²) in [4.78, 5) is 0. The average molecular weight is 242 g/mol. The molecule has 2 nitrogen and oxygen atoms in total. The van der Waals surface area contributed by atoms with Crippen LogP contribution in [0.2, 0.25) is 0 Å². The summed E-state index contributed by atoms with van der Waals surface area (Å²) in [6, 6.07) is 0. The van der Waals surface area contributed by atoms with Crippen LogP contribution in [-0.2, 0) is 0 Å². The van der Waals surface area contributed by atoms with Crippen LogP contribution >= 0.6 is 17.1 Å². The number of hydrogen-bond donors (Lipinski definition) is 0. The Morgan fingerprint density at radius 1 is 0.714 bits per heavy atom. The van der Waals surface area contributed by atoms with Crippen LogP contribution in [-0.4, -0.2) is 20.0 Å². The number of hydrogen-bond acceptors (Lipinski definition) is 2. The molecule has 0 aromatic rings. The summed E-state index contributed by atoms with van der Waals surface area (Å²) in [5, 5.41) is 0. The quantitative estimate of drug-likeness (QED) is 0.573. The molecule has 0 aromatic heterocycles. The maximum absolute atomic E-state index is 13.8. The van der Waals surface area contributed by atoms with Crippen LogP contribution in [0.5, 0.6) is 0 Å². The highest BCUT2D eigenvalue weighted by molar-refractivity contribution is 7.77. The van der Waals surface area contributed by atoms with E-state index in [4.69, 9.17) is 0 Å². The summed E-state index contributed by atoms with van der Waals surface area (Å²) < 4.78 is 30.3. The topological polar surface area (TPSA) is 6.48 Å². The Balaban J connectivity index is 2.76. The maximum Gasteiger partial charge on any atom is 0.251 e. The van der Waals surface area contributed by atoms with E-state index in [1.54, 1.807) is 0 Å². The lowest BCUT2D eigenvalue weighted by atomic mass is 10.1. The molecule has 0 bridgehead atoms.